The molecule has 3 aromatic heterocycles. The molecule has 5 heterocycles. The zero-order chi connectivity index (χ0) is 23.1. The topological polar surface area (TPSA) is 97.2 Å². The number of fused-ring (bicyclic) bond motifs is 5. The van der Waals surface area contributed by atoms with E-state index in [0.29, 0.717) is 22.5 Å². The maximum Gasteiger partial charge on any atom is 0.343 e. The standard InChI is InChI=1S/C25H20FN3O4/c1-3-25(32)16-8-20-22-14(10-29(20)23(30)15(16)11-33-24(25)31)21(18-5-4-6-27-18)13-7-12(2)17(26)9-19(13)28-22/h4-9,27,32H,3,10-11H2,1-2H3/t25-/m0/s1. The van der Waals surface area contributed by atoms with Crippen molar-refractivity contribution >= 4 is 16.9 Å². The predicted molar refractivity (Wildman–Crippen MR) is 119 cm³/mol. The predicted octanol–water partition coefficient (Wildman–Crippen LogP) is 3.52. The van der Waals surface area contributed by atoms with Crippen molar-refractivity contribution in [3.8, 4) is 22.6 Å². The lowest BCUT2D eigenvalue weighted by Gasteiger charge is -2.31. The third-order valence-electron chi connectivity index (χ3n) is 6.84. The van der Waals surface area contributed by atoms with Crippen LogP contribution in [0.15, 0.2) is 41.3 Å². The van der Waals surface area contributed by atoms with E-state index in [4.69, 9.17) is 9.72 Å². The summed E-state index contributed by atoms with van der Waals surface area (Å²) < 4.78 is 21.2. The number of aromatic nitrogens is 3. The van der Waals surface area contributed by atoms with Crippen LogP contribution < -0.4 is 5.56 Å². The van der Waals surface area contributed by atoms with Gasteiger partial charge in [-0.2, -0.15) is 0 Å². The Morgan fingerprint density at radius 3 is 2.82 bits per heavy atom. The van der Waals surface area contributed by atoms with E-state index in [9.17, 15) is 19.1 Å². The summed E-state index contributed by atoms with van der Waals surface area (Å²) in [5.41, 5.74) is 2.79. The number of ether oxygens (including phenoxy) is 1. The molecule has 6 rings (SSSR count). The van der Waals surface area contributed by atoms with E-state index < -0.39 is 11.6 Å². The molecule has 0 fully saturated rings. The lowest BCUT2D eigenvalue weighted by atomic mass is 9.86. The van der Waals surface area contributed by atoms with Gasteiger partial charge in [-0.25, -0.2) is 14.2 Å². The summed E-state index contributed by atoms with van der Waals surface area (Å²) in [5.74, 6) is -1.13. The zero-order valence-electron chi connectivity index (χ0n) is 18.0. The Labute approximate surface area is 187 Å². The van der Waals surface area contributed by atoms with Crippen molar-refractivity contribution in [1.29, 1.82) is 0 Å². The monoisotopic (exact) mass is 445 g/mol. The molecule has 2 aliphatic heterocycles. The summed E-state index contributed by atoms with van der Waals surface area (Å²) in [7, 11) is 0. The first-order chi connectivity index (χ1) is 15.8. The molecule has 2 N–H and O–H groups in total. The van der Waals surface area contributed by atoms with E-state index in [2.05, 4.69) is 4.98 Å². The first kappa shape index (κ1) is 19.9. The van der Waals surface area contributed by atoms with Gasteiger partial charge in [0.1, 0.15) is 12.4 Å². The Hall–Kier alpha value is -3.78. The van der Waals surface area contributed by atoms with Gasteiger partial charge in [-0.05, 0) is 43.2 Å². The van der Waals surface area contributed by atoms with Crippen molar-refractivity contribution in [1.82, 2.24) is 14.5 Å². The number of halogens is 1. The van der Waals surface area contributed by atoms with Gasteiger partial charge >= 0.3 is 5.97 Å². The minimum absolute atomic E-state index is 0.0674. The summed E-state index contributed by atoms with van der Waals surface area (Å²) in [4.78, 5) is 33.8. The third kappa shape index (κ3) is 2.55. The van der Waals surface area contributed by atoms with Crippen LogP contribution in [0.1, 0.15) is 35.6 Å². The van der Waals surface area contributed by atoms with Crippen LogP contribution in [-0.4, -0.2) is 25.6 Å². The lowest BCUT2D eigenvalue weighted by molar-refractivity contribution is -0.172. The van der Waals surface area contributed by atoms with E-state index in [-0.39, 0.29) is 42.1 Å². The van der Waals surface area contributed by atoms with Gasteiger partial charge in [-0.15, -0.1) is 0 Å². The van der Waals surface area contributed by atoms with Gasteiger partial charge in [0, 0.05) is 40.0 Å². The highest BCUT2D eigenvalue weighted by Crippen LogP contribution is 2.43. The van der Waals surface area contributed by atoms with E-state index in [0.717, 1.165) is 22.2 Å². The van der Waals surface area contributed by atoms with Crippen molar-refractivity contribution in [2.24, 2.45) is 0 Å². The van der Waals surface area contributed by atoms with E-state index in [1.807, 2.05) is 18.3 Å². The number of hydrogen-bond donors (Lipinski definition) is 2. The summed E-state index contributed by atoms with van der Waals surface area (Å²) in [6.07, 6.45) is 1.87. The summed E-state index contributed by atoms with van der Waals surface area (Å²) in [5, 5.41) is 11.8. The van der Waals surface area contributed by atoms with Gasteiger partial charge in [-0.3, -0.25) is 4.79 Å². The van der Waals surface area contributed by atoms with Crippen LogP contribution in [0.5, 0.6) is 0 Å². The zero-order valence-corrected chi connectivity index (χ0v) is 18.0. The Balaban J connectivity index is 1.71. The van der Waals surface area contributed by atoms with Gasteiger partial charge < -0.3 is 19.4 Å². The van der Waals surface area contributed by atoms with Crippen LogP contribution >= 0.6 is 0 Å². The van der Waals surface area contributed by atoms with Crippen molar-refractivity contribution in [3.63, 3.8) is 0 Å². The highest BCUT2D eigenvalue weighted by Gasteiger charge is 2.45. The van der Waals surface area contributed by atoms with Gasteiger partial charge in [0.05, 0.1) is 29.0 Å². The number of benzene rings is 1. The molecule has 0 radical (unpaired) electrons. The maximum absolute atomic E-state index is 14.5. The molecule has 1 atom stereocenters. The lowest BCUT2D eigenvalue weighted by Crippen LogP contribution is -2.44. The number of pyridine rings is 2. The third-order valence-corrected chi connectivity index (χ3v) is 6.84. The van der Waals surface area contributed by atoms with Crippen molar-refractivity contribution in [3.05, 3.63) is 75.0 Å². The first-order valence-electron chi connectivity index (χ1n) is 10.8. The molecule has 4 aromatic rings. The molecule has 0 unspecified atom stereocenters. The van der Waals surface area contributed by atoms with Crippen LogP contribution in [0.25, 0.3) is 33.5 Å². The number of carbonyl (C=O) groups is 1. The second-order valence-electron chi connectivity index (χ2n) is 8.62. The van der Waals surface area contributed by atoms with Crippen LogP contribution in [0.2, 0.25) is 0 Å². The maximum atomic E-state index is 14.5. The second-order valence-corrected chi connectivity index (χ2v) is 8.62. The number of hydrogen-bond acceptors (Lipinski definition) is 5. The van der Waals surface area contributed by atoms with E-state index in [1.54, 1.807) is 30.5 Å². The molecule has 1 aromatic carbocycles. The Kier molecular flexibility index (Phi) is 3.98. The van der Waals surface area contributed by atoms with Crippen molar-refractivity contribution in [2.45, 2.75) is 39.0 Å². The van der Waals surface area contributed by atoms with Crippen LogP contribution in [0.3, 0.4) is 0 Å². The van der Waals surface area contributed by atoms with E-state index in [1.165, 1.54) is 6.07 Å². The molecule has 0 saturated carbocycles. The van der Waals surface area contributed by atoms with Gasteiger partial charge in [0.25, 0.3) is 5.56 Å². The second kappa shape index (κ2) is 6.62. The number of esters is 1. The first-order valence-corrected chi connectivity index (χ1v) is 10.8. The number of rotatable bonds is 2. The van der Waals surface area contributed by atoms with Crippen molar-refractivity contribution in [2.75, 3.05) is 0 Å². The summed E-state index contributed by atoms with van der Waals surface area (Å²) >= 11 is 0. The summed E-state index contributed by atoms with van der Waals surface area (Å²) in [6, 6.07) is 8.63. The molecular weight excluding hydrogens is 425 g/mol. The quantitative estimate of drug-likeness (QED) is 0.405. The SMILES string of the molecule is CC[C@@]1(O)C(=O)OCc2c1cc1n(c2=O)Cc2c-1nc1cc(F)c(C)cc1c2-c1ccc[nH]1. The molecule has 2 aliphatic rings. The fraction of sp³-hybridized carbons (Fsp3) is 0.240. The normalized spacial score (nSPS) is 18.7. The van der Waals surface area contributed by atoms with Gasteiger partial charge in [0.2, 0.25) is 0 Å². The smallest absolute Gasteiger partial charge is 0.343 e. The number of cyclic esters (lactones) is 1. The van der Waals surface area contributed by atoms with Gasteiger partial charge in [0.15, 0.2) is 5.60 Å². The number of aromatic amines is 1. The van der Waals surface area contributed by atoms with Crippen molar-refractivity contribution < 1.29 is 19.0 Å². The molecule has 0 spiro atoms. The number of carbonyl (C=O) groups excluding carboxylic acids is 1. The fourth-order valence-electron chi connectivity index (χ4n) is 5.00. The van der Waals surface area contributed by atoms with E-state index >= 15 is 0 Å². The molecular formula is C25H20FN3O4. The van der Waals surface area contributed by atoms with Crippen LogP contribution in [0.4, 0.5) is 4.39 Å². The van der Waals surface area contributed by atoms with Crippen LogP contribution in [0, 0.1) is 12.7 Å². The molecule has 166 valence electrons. The molecule has 0 bridgehead atoms. The molecule has 0 aliphatic carbocycles. The number of aliphatic hydroxyl groups is 1. The minimum Gasteiger partial charge on any atom is -0.458 e. The average Bonchev–Trinajstić information content (AvgIpc) is 3.45. The largest absolute Gasteiger partial charge is 0.458 e. The highest BCUT2D eigenvalue weighted by molar-refractivity contribution is 5.99. The Morgan fingerprint density at radius 1 is 1.27 bits per heavy atom. The molecule has 0 amide bonds. The average molecular weight is 445 g/mol. The Bertz CT molecular complexity index is 1550. The minimum atomic E-state index is -1.90. The number of nitrogens with zero attached hydrogens (tertiary/aromatic N) is 2. The molecule has 7 nitrogen and oxygen atoms in total. The number of nitrogens with one attached hydrogen (secondary N) is 1. The number of H-pyrrole nitrogens is 1. The molecule has 33 heavy (non-hydrogen) atoms. The summed E-state index contributed by atoms with van der Waals surface area (Å²) in [6.45, 7) is 3.45. The van der Waals surface area contributed by atoms with Gasteiger partial charge in [-0.1, -0.05) is 6.92 Å². The Morgan fingerprint density at radius 2 is 2.09 bits per heavy atom. The fourth-order valence-corrected chi connectivity index (χ4v) is 5.00. The number of aryl methyl sites for hydroxylation is 1. The highest BCUT2D eigenvalue weighted by atomic mass is 19.1. The molecule has 0 saturated heterocycles. The molecule has 8 heteroatoms. The van der Waals surface area contributed by atoms with Crippen LogP contribution in [-0.2, 0) is 28.3 Å².